The number of H-pyrrole nitrogens is 1. The quantitative estimate of drug-likeness (QED) is 0.441. The number of rotatable bonds is 7. The SMILES string of the molecule is CC(C)NC(=O)OC1CCC(c2cc(Nc3nccn4nc(CS(C)=N)cc34)n[nH]2)C1. The van der Waals surface area contributed by atoms with Crippen LogP contribution in [0.15, 0.2) is 24.5 Å². The number of carbonyl (C=O) groups excluding carboxylic acids is 1. The summed E-state index contributed by atoms with van der Waals surface area (Å²) in [7, 11) is -0.465. The fourth-order valence-electron chi connectivity index (χ4n) is 3.84. The smallest absolute Gasteiger partial charge is 0.407 e. The molecule has 3 aromatic heterocycles. The van der Waals surface area contributed by atoms with Gasteiger partial charge in [-0.15, -0.1) is 10.7 Å². The van der Waals surface area contributed by atoms with Gasteiger partial charge < -0.3 is 15.4 Å². The Bertz CT molecular complexity index is 1090. The van der Waals surface area contributed by atoms with E-state index in [1.807, 2.05) is 32.2 Å². The fraction of sp³-hybridized carbons (Fsp3) is 0.500. The zero-order valence-electron chi connectivity index (χ0n) is 17.9. The minimum Gasteiger partial charge on any atom is -0.446 e. The lowest BCUT2D eigenvalue weighted by Crippen LogP contribution is -2.33. The normalized spacial score (nSPS) is 19.6. The van der Waals surface area contributed by atoms with Crippen molar-refractivity contribution in [3.05, 3.63) is 35.9 Å². The maximum atomic E-state index is 11.8. The van der Waals surface area contributed by atoms with Crippen LogP contribution >= 0.6 is 0 Å². The minimum atomic E-state index is -0.465. The van der Waals surface area contributed by atoms with Crippen LogP contribution in [0.4, 0.5) is 16.4 Å². The topological polar surface area (TPSA) is 133 Å². The molecule has 0 bridgehead atoms. The van der Waals surface area contributed by atoms with Crippen LogP contribution in [0.5, 0.6) is 0 Å². The third kappa shape index (κ3) is 5.22. The molecule has 11 heteroatoms. The van der Waals surface area contributed by atoms with Crippen LogP contribution in [0.25, 0.3) is 5.52 Å². The lowest BCUT2D eigenvalue weighted by molar-refractivity contribution is 0.0981. The molecule has 10 nitrogen and oxygen atoms in total. The third-order valence-corrected chi connectivity index (χ3v) is 5.88. The molecular formula is C20H28N8O2S. The average Bonchev–Trinajstić information content (AvgIpc) is 3.40. The van der Waals surface area contributed by atoms with Gasteiger partial charge in [0.1, 0.15) is 11.6 Å². The van der Waals surface area contributed by atoms with Crippen molar-refractivity contribution < 1.29 is 9.53 Å². The lowest BCUT2D eigenvalue weighted by atomic mass is 10.0. The van der Waals surface area contributed by atoms with Gasteiger partial charge in [0.2, 0.25) is 0 Å². The van der Waals surface area contributed by atoms with Crippen molar-refractivity contribution in [3.63, 3.8) is 0 Å². The number of aromatic nitrogens is 5. The van der Waals surface area contributed by atoms with E-state index in [0.29, 0.717) is 17.4 Å². The highest BCUT2D eigenvalue weighted by Crippen LogP contribution is 2.36. The highest BCUT2D eigenvalue weighted by Gasteiger charge is 2.30. The third-order valence-electron chi connectivity index (χ3n) is 5.15. The fourth-order valence-corrected chi connectivity index (χ4v) is 4.43. The molecule has 3 atom stereocenters. The largest absolute Gasteiger partial charge is 0.446 e. The Balaban J connectivity index is 1.41. The number of amides is 1. The number of anilines is 2. The van der Waals surface area contributed by atoms with Gasteiger partial charge in [-0.25, -0.2) is 14.3 Å². The van der Waals surface area contributed by atoms with Gasteiger partial charge in [0.15, 0.2) is 11.6 Å². The Morgan fingerprint density at radius 1 is 1.42 bits per heavy atom. The molecule has 3 unspecified atom stereocenters. The lowest BCUT2D eigenvalue weighted by Gasteiger charge is -2.14. The molecule has 1 fully saturated rings. The highest BCUT2D eigenvalue weighted by atomic mass is 32.2. The van der Waals surface area contributed by atoms with Crippen molar-refractivity contribution in [2.75, 3.05) is 11.6 Å². The maximum absolute atomic E-state index is 11.8. The maximum Gasteiger partial charge on any atom is 0.407 e. The molecule has 3 heterocycles. The first kappa shape index (κ1) is 21.3. The van der Waals surface area contributed by atoms with E-state index in [-0.39, 0.29) is 24.2 Å². The number of fused-ring (bicyclic) bond motifs is 1. The first-order valence-corrected chi connectivity index (χ1v) is 12.1. The Morgan fingerprint density at radius 3 is 3.03 bits per heavy atom. The van der Waals surface area contributed by atoms with Crippen LogP contribution in [-0.2, 0) is 21.2 Å². The monoisotopic (exact) mass is 444 g/mol. The summed E-state index contributed by atoms with van der Waals surface area (Å²) in [6, 6.07) is 4.01. The van der Waals surface area contributed by atoms with Crippen molar-refractivity contribution in [3.8, 4) is 0 Å². The standard InChI is InChI=1S/C20H28N8O2S/c1-12(2)23-20(29)30-15-5-4-13(8-15)16-10-18(26-25-16)24-19-17-9-14(11-31(3)21)27-28(17)7-6-22-19/h6-7,9-10,12-13,15,21H,4-5,8,11H2,1-3H3,(H,23,29)(H2,22,24,25,26). The van der Waals surface area contributed by atoms with E-state index in [0.717, 1.165) is 36.2 Å². The second kappa shape index (κ2) is 9.04. The molecule has 1 saturated carbocycles. The zero-order valence-corrected chi connectivity index (χ0v) is 18.7. The van der Waals surface area contributed by atoms with Gasteiger partial charge in [-0.05, 0) is 45.4 Å². The number of ether oxygens (including phenoxy) is 1. The Hall–Kier alpha value is -2.95. The van der Waals surface area contributed by atoms with E-state index in [4.69, 9.17) is 9.52 Å². The first-order valence-electron chi connectivity index (χ1n) is 10.3. The van der Waals surface area contributed by atoms with E-state index in [1.165, 1.54) is 0 Å². The Kier molecular flexibility index (Phi) is 6.21. The van der Waals surface area contributed by atoms with Gasteiger partial charge in [0, 0.05) is 41.9 Å². The molecular weight excluding hydrogens is 416 g/mol. The summed E-state index contributed by atoms with van der Waals surface area (Å²) in [4.78, 5) is 16.3. The van der Waals surface area contributed by atoms with Crippen molar-refractivity contribution in [1.29, 1.82) is 4.78 Å². The van der Waals surface area contributed by atoms with Crippen LogP contribution in [0.3, 0.4) is 0 Å². The van der Waals surface area contributed by atoms with Crippen LogP contribution in [0.2, 0.25) is 0 Å². The van der Waals surface area contributed by atoms with Gasteiger partial charge >= 0.3 is 6.09 Å². The molecule has 31 heavy (non-hydrogen) atoms. The number of nitrogens with zero attached hydrogens (tertiary/aromatic N) is 4. The molecule has 1 amide bonds. The molecule has 3 aromatic rings. The molecule has 0 spiro atoms. The second-order valence-electron chi connectivity index (χ2n) is 8.19. The summed E-state index contributed by atoms with van der Waals surface area (Å²) in [6.07, 6.45) is 7.48. The molecule has 4 N–H and O–H groups in total. The van der Waals surface area contributed by atoms with Crippen LogP contribution < -0.4 is 10.6 Å². The summed E-state index contributed by atoms with van der Waals surface area (Å²) in [6.45, 7) is 3.82. The average molecular weight is 445 g/mol. The van der Waals surface area contributed by atoms with Crippen molar-refractivity contribution in [2.45, 2.75) is 56.9 Å². The number of hydrogen-bond donors (Lipinski definition) is 4. The summed E-state index contributed by atoms with van der Waals surface area (Å²) < 4.78 is 15.1. The van der Waals surface area contributed by atoms with Crippen molar-refractivity contribution in [1.82, 2.24) is 30.1 Å². The minimum absolute atomic E-state index is 0.0617. The molecule has 0 aromatic carbocycles. The molecule has 1 aliphatic rings. The summed E-state index contributed by atoms with van der Waals surface area (Å²) in [5, 5.41) is 18.1. The van der Waals surface area contributed by atoms with Crippen molar-refractivity contribution >= 4 is 33.9 Å². The van der Waals surface area contributed by atoms with E-state index in [9.17, 15) is 4.79 Å². The number of hydrogen-bond acceptors (Lipinski definition) is 7. The summed E-state index contributed by atoms with van der Waals surface area (Å²) in [5.74, 6) is 2.23. The molecule has 0 radical (unpaired) electrons. The number of aromatic amines is 1. The molecule has 1 aliphatic carbocycles. The van der Waals surface area contributed by atoms with Crippen molar-refractivity contribution in [2.24, 2.45) is 0 Å². The van der Waals surface area contributed by atoms with E-state index >= 15 is 0 Å². The van der Waals surface area contributed by atoms with Crippen LogP contribution in [0.1, 0.15) is 50.4 Å². The van der Waals surface area contributed by atoms with E-state index in [1.54, 1.807) is 16.9 Å². The first-order chi connectivity index (χ1) is 14.9. The van der Waals surface area contributed by atoms with E-state index < -0.39 is 10.7 Å². The van der Waals surface area contributed by atoms with E-state index in [2.05, 4.69) is 30.9 Å². The Morgan fingerprint density at radius 2 is 2.26 bits per heavy atom. The second-order valence-corrected chi connectivity index (χ2v) is 9.76. The molecule has 166 valence electrons. The van der Waals surface area contributed by atoms with Gasteiger partial charge in [0.05, 0.1) is 5.69 Å². The zero-order chi connectivity index (χ0) is 22.0. The predicted octanol–water partition coefficient (Wildman–Crippen LogP) is 3.48. The predicted molar refractivity (Wildman–Crippen MR) is 120 cm³/mol. The molecule has 0 aliphatic heterocycles. The number of alkyl carbamates (subject to hydrolysis) is 1. The highest BCUT2D eigenvalue weighted by molar-refractivity contribution is 7.84. The van der Waals surface area contributed by atoms with Crippen LogP contribution in [0, 0.1) is 4.78 Å². The number of nitrogens with one attached hydrogen (secondary N) is 4. The Labute approximate surface area is 183 Å². The van der Waals surface area contributed by atoms with Crippen LogP contribution in [-0.4, -0.2) is 49.3 Å². The molecule has 0 saturated heterocycles. The number of carbonyl (C=O) groups is 1. The molecule has 4 rings (SSSR count). The summed E-state index contributed by atoms with van der Waals surface area (Å²) >= 11 is 0. The van der Waals surface area contributed by atoms with Gasteiger partial charge in [-0.1, -0.05) is 0 Å². The van der Waals surface area contributed by atoms with Gasteiger partial charge in [0.25, 0.3) is 0 Å². The summed E-state index contributed by atoms with van der Waals surface area (Å²) in [5.41, 5.74) is 2.74. The van der Waals surface area contributed by atoms with Gasteiger partial charge in [-0.3, -0.25) is 9.88 Å². The van der Waals surface area contributed by atoms with Gasteiger partial charge in [-0.2, -0.15) is 10.2 Å².